The molecule has 9 nitrogen and oxygen atoms in total. The molecule has 7 unspecified atom stereocenters. The van der Waals surface area contributed by atoms with E-state index in [9.17, 15) is 30.3 Å². The van der Waals surface area contributed by atoms with Gasteiger partial charge in [-0.05, 0) is 96.3 Å². The molecule has 0 radical (unpaired) electrons. The summed E-state index contributed by atoms with van der Waals surface area (Å²) in [4.78, 5) is 13.1. The first-order chi connectivity index (χ1) is 39.3. The molecule has 0 bridgehead atoms. The summed E-state index contributed by atoms with van der Waals surface area (Å²) < 4.78 is 11.3. The molecule has 0 aliphatic carbocycles. The lowest BCUT2D eigenvalue weighted by Crippen LogP contribution is -2.60. The summed E-state index contributed by atoms with van der Waals surface area (Å²) in [7, 11) is 0. The number of carbonyl (C=O) groups excluding carboxylic acids is 1. The van der Waals surface area contributed by atoms with Crippen LogP contribution in [-0.4, -0.2) is 87.5 Å². The molecule has 0 aromatic rings. The Morgan fingerprint density at radius 2 is 0.775 bits per heavy atom. The maximum atomic E-state index is 13.1. The molecule has 0 spiro atoms. The molecule has 1 saturated heterocycles. The zero-order valence-corrected chi connectivity index (χ0v) is 50.8. The van der Waals surface area contributed by atoms with E-state index >= 15 is 0 Å². The molecule has 1 aliphatic rings. The van der Waals surface area contributed by atoms with E-state index in [0.717, 1.165) is 116 Å². The Labute approximate surface area is 490 Å². The largest absolute Gasteiger partial charge is 0.394 e. The van der Waals surface area contributed by atoms with Gasteiger partial charge in [0.25, 0.3) is 0 Å². The van der Waals surface area contributed by atoms with Crippen molar-refractivity contribution in [2.45, 2.75) is 294 Å². The molecule has 7 atom stereocenters. The normalized spacial score (nSPS) is 19.4. The topological polar surface area (TPSA) is 149 Å². The second-order valence-electron chi connectivity index (χ2n) is 21.8. The maximum absolute atomic E-state index is 13.1. The van der Waals surface area contributed by atoms with Crippen LogP contribution in [0.4, 0.5) is 0 Å². The lowest BCUT2D eigenvalue weighted by Gasteiger charge is -2.40. The smallest absolute Gasteiger partial charge is 0.220 e. The van der Waals surface area contributed by atoms with Gasteiger partial charge in [-0.25, -0.2) is 0 Å². The third-order valence-electron chi connectivity index (χ3n) is 14.5. The van der Waals surface area contributed by atoms with Gasteiger partial charge in [0, 0.05) is 6.42 Å². The van der Waals surface area contributed by atoms with Crippen LogP contribution in [0.25, 0.3) is 0 Å². The maximum Gasteiger partial charge on any atom is 0.220 e. The molecule has 456 valence electrons. The fourth-order valence-electron chi connectivity index (χ4n) is 9.46. The highest BCUT2D eigenvalue weighted by Gasteiger charge is 2.44. The number of carbonyl (C=O) groups is 1. The van der Waals surface area contributed by atoms with Crippen molar-refractivity contribution in [2.24, 2.45) is 0 Å². The summed E-state index contributed by atoms with van der Waals surface area (Å²) in [5.74, 6) is -0.179. The molecule has 1 amide bonds. The third kappa shape index (κ3) is 46.9. The minimum Gasteiger partial charge on any atom is -0.394 e. The zero-order valence-electron chi connectivity index (χ0n) is 50.8. The Morgan fingerprint density at radius 3 is 1.14 bits per heavy atom. The Hall–Kier alpha value is -3.67. The van der Waals surface area contributed by atoms with Crippen LogP contribution in [-0.2, 0) is 14.3 Å². The SMILES string of the molecule is CC/C=C\C/C=C\C/C=C\C/C=C\C/C=C\C/C=C\C/C=C\C/C=C\C/C=C\C/C=C\C/C=C\CCCCCC(=O)NC(COC1OC(CO)C(O)C(O)C1O)C(O)CCCCCCCCCCCCCCCCCCCCCC. The highest BCUT2D eigenvalue weighted by Crippen LogP contribution is 2.23. The molecule has 1 heterocycles. The lowest BCUT2D eigenvalue weighted by atomic mass is 9.99. The van der Waals surface area contributed by atoms with E-state index < -0.39 is 49.5 Å². The van der Waals surface area contributed by atoms with E-state index in [1.807, 2.05) is 0 Å². The predicted molar refractivity (Wildman–Crippen MR) is 340 cm³/mol. The first kappa shape index (κ1) is 74.3. The Kier molecular flexibility index (Phi) is 54.4. The number of hydrogen-bond acceptors (Lipinski definition) is 8. The molecule has 1 aliphatic heterocycles. The number of rotatable bonds is 54. The van der Waals surface area contributed by atoms with Crippen molar-refractivity contribution in [1.82, 2.24) is 5.32 Å². The standard InChI is InChI=1S/C71H119NO8/c1-3-5-7-9-11-13-15-17-19-21-23-25-26-27-28-29-30-31-32-33-34-35-36-37-38-39-40-41-43-45-47-49-51-53-55-57-59-61-67(75)72-64(63-79-71-70(78)69(77)68(76)66(62-73)80-71)65(74)60-58-56-54-52-50-48-46-44-42-24-22-20-18-16-14-12-10-8-6-4-2/h5,7,11,13,17,19,23,25,27-28,30-31,33-34,36-37,39-40,43,45,49,51,64-66,68-71,73-74,76-78H,3-4,6,8-10,12,14-16,18,20-22,24,26,29,32,35,38,41-42,44,46-48,50,52-63H2,1-2H3,(H,72,75)/b7-5-,13-11-,19-17-,25-23-,28-27-,31-30-,34-33-,37-36-,40-39-,45-43-,51-49-. The summed E-state index contributed by atoms with van der Waals surface area (Å²) in [5, 5.41) is 54.8. The molecule has 1 fully saturated rings. The third-order valence-corrected chi connectivity index (χ3v) is 14.5. The number of aliphatic hydroxyl groups is 5. The van der Waals surface area contributed by atoms with Crippen molar-refractivity contribution >= 4 is 5.91 Å². The zero-order chi connectivity index (χ0) is 57.9. The van der Waals surface area contributed by atoms with Gasteiger partial charge in [0.05, 0.1) is 25.4 Å². The number of unbranched alkanes of at least 4 members (excludes halogenated alkanes) is 22. The van der Waals surface area contributed by atoms with E-state index in [0.29, 0.717) is 12.8 Å². The highest BCUT2D eigenvalue weighted by molar-refractivity contribution is 5.76. The number of amides is 1. The Balaban J connectivity index is 2.21. The monoisotopic (exact) mass is 1110 g/mol. The quantitative estimate of drug-likeness (QED) is 0.0261. The van der Waals surface area contributed by atoms with Crippen LogP contribution in [0.5, 0.6) is 0 Å². The molecule has 9 heteroatoms. The van der Waals surface area contributed by atoms with E-state index in [2.05, 4.69) is 153 Å². The van der Waals surface area contributed by atoms with Crippen LogP contribution in [0, 0.1) is 0 Å². The average molecular weight is 1110 g/mol. The van der Waals surface area contributed by atoms with E-state index in [4.69, 9.17) is 9.47 Å². The minimum atomic E-state index is -1.57. The van der Waals surface area contributed by atoms with Gasteiger partial charge in [0.1, 0.15) is 24.4 Å². The predicted octanol–water partition coefficient (Wildman–Crippen LogP) is 17.2. The van der Waals surface area contributed by atoms with Gasteiger partial charge in [-0.3, -0.25) is 4.79 Å². The fraction of sp³-hybridized carbons (Fsp3) is 0.676. The number of ether oxygens (including phenoxy) is 2. The summed E-state index contributed by atoms with van der Waals surface area (Å²) >= 11 is 0. The van der Waals surface area contributed by atoms with Crippen molar-refractivity contribution < 1.29 is 39.8 Å². The molecular formula is C71H119NO8. The first-order valence-electron chi connectivity index (χ1n) is 32.4. The molecule has 6 N–H and O–H groups in total. The molecule has 0 saturated carbocycles. The van der Waals surface area contributed by atoms with Crippen LogP contribution in [0.1, 0.15) is 251 Å². The van der Waals surface area contributed by atoms with Crippen molar-refractivity contribution in [3.63, 3.8) is 0 Å². The number of aliphatic hydroxyl groups excluding tert-OH is 5. The van der Waals surface area contributed by atoms with E-state index in [1.54, 1.807) is 0 Å². The Morgan fingerprint density at radius 1 is 0.438 bits per heavy atom. The average Bonchev–Trinajstić information content (AvgIpc) is 3.46. The van der Waals surface area contributed by atoms with Crippen LogP contribution in [0.15, 0.2) is 134 Å². The van der Waals surface area contributed by atoms with Gasteiger partial charge < -0.3 is 40.3 Å². The van der Waals surface area contributed by atoms with Gasteiger partial charge in [-0.15, -0.1) is 0 Å². The van der Waals surface area contributed by atoms with Crippen molar-refractivity contribution in [3.8, 4) is 0 Å². The minimum absolute atomic E-state index is 0.159. The fourth-order valence-corrected chi connectivity index (χ4v) is 9.46. The van der Waals surface area contributed by atoms with Crippen molar-refractivity contribution in [1.29, 1.82) is 0 Å². The molecule has 0 aromatic carbocycles. The van der Waals surface area contributed by atoms with Crippen molar-refractivity contribution in [3.05, 3.63) is 134 Å². The van der Waals surface area contributed by atoms with Crippen LogP contribution in [0.3, 0.4) is 0 Å². The number of allylic oxidation sites excluding steroid dienone is 22. The van der Waals surface area contributed by atoms with Gasteiger partial charge in [0.2, 0.25) is 5.91 Å². The van der Waals surface area contributed by atoms with E-state index in [1.165, 1.54) is 109 Å². The second kappa shape index (κ2) is 58.5. The lowest BCUT2D eigenvalue weighted by molar-refractivity contribution is -0.302. The summed E-state index contributed by atoms with van der Waals surface area (Å²) in [6.07, 6.45) is 82.0. The summed E-state index contributed by atoms with van der Waals surface area (Å²) in [6.45, 7) is 3.71. The molecule has 0 aromatic heterocycles. The van der Waals surface area contributed by atoms with Gasteiger partial charge in [-0.2, -0.15) is 0 Å². The summed E-state index contributed by atoms with van der Waals surface area (Å²) in [5.41, 5.74) is 0. The van der Waals surface area contributed by atoms with Crippen LogP contribution >= 0.6 is 0 Å². The first-order valence-corrected chi connectivity index (χ1v) is 32.4. The summed E-state index contributed by atoms with van der Waals surface area (Å²) in [6, 6.07) is -0.748. The Bertz CT molecular complexity index is 1720. The second-order valence-corrected chi connectivity index (χ2v) is 21.8. The van der Waals surface area contributed by atoms with Crippen LogP contribution in [0.2, 0.25) is 0 Å². The van der Waals surface area contributed by atoms with Crippen LogP contribution < -0.4 is 5.32 Å². The molecule has 1 rings (SSSR count). The van der Waals surface area contributed by atoms with Gasteiger partial charge >= 0.3 is 0 Å². The van der Waals surface area contributed by atoms with Crippen molar-refractivity contribution in [2.75, 3.05) is 13.2 Å². The van der Waals surface area contributed by atoms with Gasteiger partial charge in [0.15, 0.2) is 6.29 Å². The molecular weight excluding hydrogens is 995 g/mol. The number of nitrogens with one attached hydrogen (secondary N) is 1. The van der Waals surface area contributed by atoms with Gasteiger partial charge in [-0.1, -0.05) is 282 Å². The molecule has 80 heavy (non-hydrogen) atoms. The highest BCUT2D eigenvalue weighted by atomic mass is 16.7. The van der Waals surface area contributed by atoms with E-state index in [-0.39, 0.29) is 12.5 Å². The number of hydrogen-bond donors (Lipinski definition) is 6.